The number of rotatable bonds is 4. The van der Waals surface area contributed by atoms with Gasteiger partial charge in [-0.05, 0) is 26.0 Å². The van der Waals surface area contributed by atoms with Crippen molar-refractivity contribution in [2.45, 2.75) is 26.1 Å². The summed E-state index contributed by atoms with van der Waals surface area (Å²) in [6.07, 6.45) is -4.65. The van der Waals surface area contributed by atoms with E-state index in [0.717, 1.165) is 0 Å². The van der Waals surface area contributed by atoms with Crippen LogP contribution in [0.4, 0.5) is 19.0 Å². The fourth-order valence-electron chi connectivity index (χ4n) is 1.60. The maximum atomic E-state index is 12.7. The van der Waals surface area contributed by atoms with Crippen LogP contribution in [0.1, 0.15) is 19.7 Å². The zero-order chi connectivity index (χ0) is 15.6. The lowest BCUT2D eigenvalue weighted by Gasteiger charge is -2.10. The van der Waals surface area contributed by atoms with E-state index in [9.17, 15) is 18.0 Å². The molecule has 2 rings (SSSR count). The standard InChI is InChI=1S/C11H13F3N6O/c1-6(2)16-9(21)5-15-7-3-4-8-17-18-10(11(12,13)14)20(8)19-7/h3-4,6H,5H2,1-2H3,(H,15,19)(H,16,21). The van der Waals surface area contributed by atoms with Crippen molar-refractivity contribution < 1.29 is 18.0 Å². The first-order valence-corrected chi connectivity index (χ1v) is 6.10. The monoisotopic (exact) mass is 302 g/mol. The first-order chi connectivity index (χ1) is 9.77. The van der Waals surface area contributed by atoms with Gasteiger partial charge in [-0.1, -0.05) is 0 Å². The second-order valence-corrected chi connectivity index (χ2v) is 4.59. The lowest BCUT2D eigenvalue weighted by Crippen LogP contribution is -2.35. The molecule has 1 amide bonds. The van der Waals surface area contributed by atoms with Crippen LogP contribution in [0.5, 0.6) is 0 Å². The molecule has 0 fully saturated rings. The Bertz CT molecular complexity index is 651. The number of hydrogen-bond donors (Lipinski definition) is 2. The summed E-state index contributed by atoms with van der Waals surface area (Å²) in [5.41, 5.74) is -0.0282. The Balaban J connectivity index is 2.17. The molecule has 0 saturated carbocycles. The minimum absolute atomic E-state index is 0.0237. The van der Waals surface area contributed by atoms with Gasteiger partial charge in [0.15, 0.2) is 5.65 Å². The minimum atomic E-state index is -4.65. The van der Waals surface area contributed by atoms with Crippen molar-refractivity contribution in [3.05, 3.63) is 18.0 Å². The number of halogens is 3. The topological polar surface area (TPSA) is 84.2 Å². The molecule has 0 aliphatic carbocycles. The molecule has 0 aliphatic heterocycles. The predicted octanol–water partition coefficient (Wildman–Crippen LogP) is 1.08. The molecule has 0 aliphatic rings. The SMILES string of the molecule is CC(C)NC(=O)CNc1ccc2nnc(C(F)(F)F)n2n1. The summed E-state index contributed by atoms with van der Waals surface area (Å²) in [5, 5.41) is 15.5. The van der Waals surface area contributed by atoms with E-state index in [1.165, 1.54) is 12.1 Å². The zero-order valence-electron chi connectivity index (χ0n) is 11.3. The van der Waals surface area contributed by atoms with Crippen molar-refractivity contribution in [1.82, 2.24) is 25.1 Å². The van der Waals surface area contributed by atoms with Crippen molar-refractivity contribution >= 4 is 17.4 Å². The van der Waals surface area contributed by atoms with E-state index >= 15 is 0 Å². The second-order valence-electron chi connectivity index (χ2n) is 4.59. The van der Waals surface area contributed by atoms with Gasteiger partial charge in [0.25, 0.3) is 5.82 Å². The fraction of sp³-hybridized carbons (Fsp3) is 0.455. The molecule has 0 spiro atoms. The number of fused-ring (bicyclic) bond motifs is 1. The molecule has 7 nitrogen and oxygen atoms in total. The summed E-state index contributed by atoms with van der Waals surface area (Å²) >= 11 is 0. The normalized spacial score (nSPS) is 11.9. The Kier molecular flexibility index (Phi) is 3.96. The first kappa shape index (κ1) is 15.0. The number of alkyl halides is 3. The van der Waals surface area contributed by atoms with Crippen LogP contribution in [-0.4, -0.2) is 38.3 Å². The van der Waals surface area contributed by atoms with Gasteiger partial charge < -0.3 is 10.6 Å². The number of nitrogens with zero attached hydrogens (tertiary/aromatic N) is 4. The molecule has 2 aromatic heterocycles. The predicted molar refractivity (Wildman–Crippen MR) is 67.6 cm³/mol. The maximum absolute atomic E-state index is 12.7. The van der Waals surface area contributed by atoms with E-state index in [0.29, 0.717) is 4.52 Å². The lowest BCUT2D eigenvalue weighted by molar-refractivity contribution is -0.146. The molecule has 2 aromatic rings. The van der Waals surface area contributed by atoms with Gasteiger partial charge >= 0.3 is 6.18 Å². The van der Waals surface area contributed by atoms with E-state index in [1.807, 2.05) is 0 Å². The van der Waals surface area contributed by atoms with Crippen LogP contribution in [0.2, 0.25) is 0 Å². The summed E-state index contributed by atoms with van der Waals surface area (Å²) in [6.45, 7) is 3.50. The Morgan fingerprint density at radius 2 is 2.05 bits per heavy atom. The molecule has 10 heteroatoms. The molecule has 21 heavy (non-hydrogen) atoms. The van der Waals surface area contributed by atoms with E-state index in [-0.39, 0.29) is 30.0 Å². The van der Waals surface area contributed by atoms with Crippen LogP contribution in [0, 0.1) is 0 Å². The molecular weight excluding hydrogens is 289 g/mol. The highest BCUT2D eigenvalue weighted by molar-refractivity contribution is 5.80. The minimum Gasteiger partial charge on any atom is -0.360 e. The van der Waals surface area contributed by atoms with Gasteiger partial charge in [-0.2, -0.15) is 17.7 Å². The number of nitrogens with one attached hydrogen (secondary N) is 2. The van der Waals surface area contributed by atoms with E-state index in [1.54, 1.807) is 13.8 Å². The van der Waals surface area contributed by atoms with Crippen molar-refractivity contribution in [3.63, 3.8) is 0 Å². The molecule has 0 bridgehead atoms. The van der Waals surface area contributed by atoms with Gasteiger partial charge in [0.1, 0.15) is 5.82 Å². The molecule has 0 aromatic carbocycles. The van der Waals surface area contributed by atoms with Crippen molar-refractivity contribution in [2.24, 2.45) is 0 Å². The van der Waals surface area contributed by atoms with E-state index < -0.39 is 12.0 Å². The highest BCUT2D eigenvalue weighted by Crippen LogP contribution is 2.27. The van der Waals surface area contributed by atoms with Gasteiger partial charge in [-0.3, -0.25) is 4.79 Å². The molecule has 114 valence electrons. The number of amides is 1. The second kappa shape index (κ2) is 5.54. The van der Waals surface area contributed by atoms with Gasteiger partial charge in [-0.15, -0.1) is 15.3 Å². The Labute approximate surface area is 117 Å². The van der Waals surface area contributed by atoms with Gasteiger partial charge in [-0.25, -0.2) is 0 Å². The summed E-state index contributed by atoms with van der Waals surface area (Å²) in [4.78, 5) is 11.5. The Hall–Kier alpha value is -2.39. The first-order valence-electron chi connectivity index (χ1n) is 6.10. The molecule has 0 saturated heterocycles. The number of hydrogen-bond acceptors (Lipinski definition) is 5. The third-order valence-electron chi connectivity index (χ3n) is 2.40. The van der Waals surface area contributed by atoms with E-state index in [2.05, 4.69) is 25.9 Å². The number of anilines is 1. The molecule has 0 unspecified atom stereocenters. The van der Waals surface area contributed by atoms with Crippen LogP contribution < -0.4 is 10.6 Å². The number of carbonyl (C=O) groups excluding carboxylic acids is 1. The smallest absolute Gasteiger partial charge is 0.360 e. The number of aromatic nitrogens is 4. The Morgan fingerprint density at radius 1 is 1.33 bits per heavy atom. The van der Waals surface area contributed by atoms with Crippen LogP contribution in [0.25, 0.3) is 5.65 Å². The highest BCUT2D eigenvalue weighted by atomic mass is 19.4. The number of carbonyl (C=O) groups is 1. The summed E-state index contributed by atoms with van der Waals surface area (Å²) in [6, 6.07) is 2.73. The average Bonchev–Trinajstić information content (AvgIpc) is 2.78. The molecule has 2 heterocycles. The van der Waals surface area contributed by atoms with Crippen LogP contribution in [0.3, 0.4) is 0 Å². The van der Waals surface area contributed by atoms with Crippen molar-refractivity contribution in [1.29, 1.82) is 0 Å². The lowest BCUT2D eigenvalue weighted by atomic mass is 10.4. The summed E-state index contributed by atoms with van der Waals surface area (Å²) in [7, 11) is 0. The fourth-order valence-corrected chi connectivity index (χ4v) is 1.60. The average molecular weight is 302 g/mol. The van der Waals surface area contributed by atoms with Crippen molar-refractivity contribution in [2.75, 3.05) is 11.9 Å². The van der Waals surface area contributed by atoms with Gasteiger partial charge in [0, 0.05) is 6.04 Å². The van der Waals surface area contributed by atoms with E-state index in [4.69, 9.17) is 0 Å². The highest BCUT2D eigenvalue weighted by Gasteiger charge is 2.37. The van der Waals surface area contributed by atoms with Crippen molar-refractivity contribution in [3.8, 4) is 0 Å². The summed E-state index contributed by atoms with van der Waals surface area (Å²) in [5.74, 6) is -1.38. The zero-order valence-corrected chi connectivity index (χ0v) is 11.3. The quantitative estimate of drug-likeness (QED) is 0.883. The molecule has 0 atom stereocenters. The Morgan fingerprint density at radius 3 is 2.67 bits per heavy atom. The van der Waals surface area contributed by atoms with Gasteiger partial charge in [0.2, 0.25) is 5.91 Å². The molecule has 2 N–H and O–H groups in total. The third kappa shape index (κ3) is 3.58. The molecule has 0 radical (unpaired) electrons. The molecular formula is C11H13F3N6O. The van der Waals surface area contributed by atoms with Crippen LogP contribution in [-0.2, 0) is 11.0 Å². The van der Waals surface area contributed by atoms with Crippen LogP contribution in [0.15, 0.2) is 12.1 Å². The largest absolute Gasteiger partial charge is 0.453 e. The third-order valence-corrected chi connectivity index (χ3v) is 2.40. The van der Waals surface area contributed by atoms with Gasteiger partial charge in [0.05, 0.1) is 6.54 Å². The summed E-state index contributed by atoms with van der Waals surface area (Å²) < 4.78 is 38.7. The van der Waals surface area contributed by atoms with Crippen LogP contribution >= 0.6 is 0 Å². The maximum Gasteiger partial charge on any atom is 0.453 e.